The van der Waals surface area contributed by atoms with E-state index in [9.17, 15) is 4.79 Å². The molecule has 0 aliphatic carbocycles. The van der Waals surface area contributed by atoms with Crippen molar-refractivity contribution in [2.75, 3.05) is 20.3 Å². The number of rotatable bonds is 7. The summed E-state index contributed by atoms with van der Waals surface area (Å²) < 4.78 is 16.7. The van der Waals surface area contributed by atoms with Gasteiger partial charge in [-0.2, -0.15) is 0 Å². The first kappa shape index (κ1) is 18.7. The van der Waals surface area contributed by atoms with Crippen LogP contribution in [0.2, 0.25) is 0 Å². The van der Waals surface area contributed by atoms with Gasteiger partial charge in [0.25, 0.3) is 5.91 Å². The minimum atomic E-state index is -0.172. The molecule has 1 atom stereocenters. The molecule has 0 radical (unpaired) electrons. The van der Waals surface area contributed by atoms with Crippen LogP contribution in [0.3, 0.4) is 0 Å². The van der Waals surface area contributed by atoms with Crippen LogP contribution in [-0.4, -0.2) is 43.4 Å². The molecule has 0 saturated carbocycles. The third-order valence-corrected chi connectivity index (χ3v) is 4.92. The highest BCUT2D eigenvalue weighted by Crippen LogP contribution is 2.34. The molecule has 1 saturated heterocycles. The van der Waals surface area contributed by atoms with E-state index in [0.29, 0.717) is 23.7 Å². The second-order valence-electron chi connectivity index (χ2n) is 6.42. The Bertz CT molecular complexity index is 754. The van der Waals surface area contributed by atoms with Crippen LogP contribution in [0.5, 0.6) is 11.5 Å². The fraction of sp³-hybridized carbons (Fsp3) is 0.474. The van der Waals surface area contributed by atoms with Crippen molar-refractivity contribution < 1.29 is 19.0 Å². The SMILES string of the molecule is COc1cc(-c2nc(C(=O)NCC3CCCO3)cs2)ccc1OC(C)C. The van der Waals surface area contributed by atoms with Crippen LogP contribution in [-0.2, 0) is 4.74 Å². The molecular formula is C19H24N2O4S. The van der Waals surface area contributed by atoms with Gasteiger partial charge in [-0.15, -0.1) is 11.3 Å². The summed E-state index contributed by atoms with van der Waals surface area (Å²) in [5.41, 5.74) is 1.31. The first-order valence-electron chi connectivity index (χ1n) is 8.77. The lowest BCUT2D eigenvalue weighted by Crippen LogP contribution is -2.31. The first-order valence-corrected chi connectivity index (χ1v) is 9.65. The number of benzene rings is 1. The second kappa shape index (κ2) is 8.51. The van der Waals surface area contributed by atoms with E-state index in [1.54, 1.807) is 12.5 Å². The van der Waals surface area contributed by atoms with E-state index in [1.165, 1.54) is 11.3 Å². The number of thiazole rings is 1. The van der Waals surface area contributed by atoms with Gasteiger partial charge in [0.15, 0.2) is 11.5 Å². The van der Waals surface area contributed by atoms with Crippen molar-refractivity contribution in [3.8, 4) is 22.1 Å². The summed E-state index contributed by atoms with van der Waals surface area (Å²) in [6.45, 7) is 5.24. The van der Waals surface area contributed by atoms with Gasteiger partial charge >= 0.3 is 0 Å². The number of carbonyl (C=O) groups is 1. The monoisotopic (exact) mass is 376 g/mol. The van der Waals surface area contributed by atoms with Gasteiger partial charge in [-0.25, -0.2) is 4.98 Å². The molecule has 1 N–H and O–H groups in total. The van der Waals surface area contributed by atoms with E-state index in [-0.39, 0.29) is 18.1 Å². The molecule has 1 fully saturated rings. The van der Waals surface area contributed by atoms with Crippen molar-refractivity contribution >= 4 is 17.2 Å². The quantitative estimate of drug-likeness (QED) is 0.801. The Morgan fingerprint density at radius 2 is 2.27 bits per heavy atom. The minimum Gasteiger partial charge on any atom is -0.493 e. The second-order valence-corrected chi connectivity index (χ2v) is 7.27. The Kier molecular flexibility index (Phi) is 6.11. The summed E-state index contributed by atoms with van der Waals surface area (Å²) in [7, 11) is 1.61. The molecule has 2 aromatic rings. The third-order valence-electron chi connectivity index (χ3n) is 4.02. The molecule has 1 aromatic carbocycles. The lowest BCUT2D eigenvalue weighted by atomic mass is 10.2. The molecule has 0 bridgehead atoms. The molecule has 3 rings (SSSR count). The molecule has 140 valence electrons. The Hall–Kier alpha value is -2.12. The molecule has 0 spiro atoms. The van der Waals surface area contributed by atoms with Crippen LogP contribution in [0.4, 0.5) is 0 Å². The van der Waals surface area contributed by atoms with Gasteiger partial charge in [0.1, 0.15) is 10.7 Å². The van der Waals surface area contributed by atoms with Crippen molar-refractivity contribution in [3.05, 3.63) is 29.3 Å². The number of ether oxygens (including phenoxy) is 3. The van der Waals surface area contributed by atoms with Gasteiger partial charge in [-0.3, -0.25) is 4.79 Å². The van der Waals surface area contributed by atoms with Gasteiger partial charge in [-0.1, -0.05) is 0 Å². The summed E-state index contributed by atoms with van der Waals surface area (Å²) in [4.78, 5) is 16.7. The standard InChI is InChI=1S/C19H24N2O4S/c1-12(2)25-16-7-6-13(9-17(16)23-3)19-21-15(11-26-19)18(22)20-10-14-5-4-8-24-14/h6-7,9,11-12,14H,4-5,8,10H2,1-3H3,(H,20,22). The molecule has 7 heteroatoms. The minimum absolute atomic E-state index is 0.0637. The van der Waals surface area contributed by atoms with Crippen molar-refractivity contribution in [2.45, 2.75) is 38.9 Å². The third kappa shape index (κ3) is 4.53. The van der Waals surface area contributed by atoms with Crippen molar-refractivity contribution in [3.63, 3.8) is 0 Å². The number of methoxy groups -OCH3 is 1. The topological polar surface area (TPSA) is 69.7 Å². The van der Waals surface area contributed by atoms with E-state index in [1.807, 2.05) is 32.0 Å². The maximum atomic E-state index is 12.3. The zero-order valence-electron chi connectivity index (χ0n) is 15.3. The van der Waals surface area contributed by atoms with Crippen molar-refractivity contribution in [2.24, 2.45) is 0 Å². The normalized spacial score (nSPS) is 16.7. The fourth-order valence-electron chi connectivity index (χ4n) is 2.76. The highest BCUT2D eigenvalue weighted by molar-refractivity contribution is 7.13. The molecule has 1 aliphatic rings. The molecule has 6 nitrogen and oxygen atoms in total. The predicted octanol–water partition coefficient (Wildman–Crippen LogP) is 3.51. The molecule has 2 heterocycles. The number of aromatic nitrogens is 1. The van der Waals surface area contributed by atoms with Crippen LogP contribution in [0.15, 0.2) is 23.6 Å². The number of nitrogens with zero attached hydrogens (tertiary/aromatic N) is 1. The van der Waals surface area contributed by atoms with E-state index in [2.05, 4.69) is 10.3 Å². The fourth-order valence-corrected chi connectivity index (χ4v) is 3.56. The highest BCUT2D eigenvalue weighted by atomic mass is 32.1. The molecule has 1 aliphatic heterocycles. The van der Waals surface area contributed by atoms with E-state index in [4.69, 9.17) is 14.2 Å². The van der Waals surface area contributed by atoms with Gasteiger partial charge in [0, 0.05) is 24.1 Å². The number of nitrogens with one attached hydrogen (secondary N) is 1. The zero-order chi connectivity index (χ0) is 18.5. The van der Waals surface area contributed by atoms with E-state index < -0.39 is 0 Å². The summed E-state index contributed by atoms with van der Waals surface area (Å²) in [6, 6.07) is 5.67. The van der Waals surface area contributed by atoms with E-state index in [0.717, 1.165) is 30.0 Å². The number of carbonyl (C=O) groups excluding carboxylic acids is 1. The average Bonchev–Trinajstić information content (AvgIpc) is 3.31. The average molecular weight is 376 g/mol. The van der Waals surface area contributed by atoms with Crippen LogP contribution >= 0.6 is 11.3 Å². The lowest BCUT2D eigenvalue weighted by Gasteiger charge is -2.14. The highest BCUT2D eigenvalue weighted by Gasteiger charge is 2.18. The summed E-state index contributed by atoms with van der Waals surface area (Å²) in [6.07, 6.45) is 2.23. The van der Waals surface area contributed by atoms with E-state index >= 15 is 0 Å². The van der Waals surface area contributed by atoms with Crippen LogP contribution in [0.1, 0.15) is 37.2 Å². The van der Waals surface area contributed by atoms with Gasteiger partial charge < -0.3 is 19.5 Å². The Morgan fingerprint density at radius 3 is 2.96 bits per heavy atom. The number of hydrogen-bond donors (Lipinski definition) is 1. The first-order chi connectivity index (χ1) is 12.6. The summed E-state index contributed by atoms with van der Waals surface area (Å²) in [5, 5.41) is 5.43. The van der Waals surface area contributed by atoms with Crippen molar-refractivity contribution in [1.29, 1.82) is 0 Å². The molecule has 1 unspecified atom stereocenters. The van der Waals surface area contributed by atoms with Crippen molar-refractivity contribution in [1.82, 2.24) is 10.3 Å². The number of hydrogen-bond acceptors (Lipinski definition) is 6. The van der Waals surface area contributed by atoms with Gasteiger partial charge in [-0.05, 0) is 44.9 Å². The maximum Gasteiger partial charge on any atom is 0.270 e. The molecular weight excluding hydrogens is 352 g/mol. The lowest BCUT2D eigenvalue weighted by molar-refractivity contribution is 0.0854. The zero-order valence-corrected chi connectivity index (χ0v) is 16.1. The van der Waals surface area contributed by atoms with Gasteiger partial charge in [0.05, 0.1) is 19.3 Å². The van der Waals surface area contributed by atoms with Crippen LogP contribution < -0.4 is 14.8 Å². The van der Waals surface area contributed by atoms with Crippen LogP contribution in [0, 0.1) is 0 Å². The smallest absolute Gasteiger partial charge is 0.270 e. The molecule has 26 heavy (non-hydrogen) atoms. The Labute approximate surface area is 157 Å². The Morgan fingerprint density at radius 1 is 1.42 bits per heavy atom. The Balaban J connectivity index is 1.69. The number of amides is 1. The molecule has 1 amide bonds. The predicted molar refractivity (Wildman–Crippen MR) is 101 cm³/mol. The summed E-state index contributed by atoms with van der Waals surface area (Å²) >= 11 is 1.43. The van der Waals surface area contributed by atoms with Gasteiger partial charge in [0.2, 0.25) is 0 Å². The molecule has 1 aromatic heterocycles. The largest absolute Gasteiger partial charge is 0.493 e. The van der Waals surface area contributed by atoms with Crippen LogP contribution in [0.25, 0.3) is 10.6 Å². The summed E-state index contributed by atoms with van der Waals surface area (Å²) in [5.74, 6) is 1.17. The maximum absolute atomic E-state index is 12.3.